The zero-order chi connectivity index (χ0) is 12.4. The van der Waals surface area contributed by atoms with E-state index in [0.29, 0.717) is 27.6 Å². The minimum atomic E-state index is -0.328. The molecule has 2 aromatic rings. The van der Waals surface area contributed by atoms with Crippen LogP contribution in [0.3, 0.4) is 0 Å². The Labute approximate surface area is 103 Å². The molecule has 1 aromatic carbocycles. The number of pyridine rings is 1. The maximum atomic E-state index is 13.2. The minimum Gasteiger partial charge on any atom is -0.397 e. The highest BCUT2D eigenvalue weighted by molar-refractivity contribution is 6.33. The molecule has 1 heterocycles. The van der Waals surface area contributed by atoms with Crippen molar-refractivity contribution in [3.05, 3.63) is 47.0 Å². The van der Waals surface area contributed by atoms with Gasteiger partial charge in [-0.1, -0.05) is 11.6 Å². The van der Waals surface area contributed by atoms with Crippen LogP contribution >= 0.6 is 11.6 Å². The Kier molecular flexibility index (Phi) is 3.15. The van der Waals surface area contributed by atoms with Crippen LogP contribution in [0.1, 0.15) is 5.56 Å². The smallest absolute Gasteiger partial charge is 0.127 e. The van der Waals surface area contributed by atoms with Crippen molar-refractivity contribution in [2.45, 2.75) is 6.92 Å². The number of nitrogen functional groups attached to an aromatic ring is 1. The van der Waals surface area contributed by atoms with Crippen LogP contribution in [0, 0.1) is 12.7 Å². The van der Waals surface area contributed by atoms with Gasteiger partial charge in [-0.25, -0.2) is 4.39 Å². The van der Waals surface area contributed by atoms with Crippen molar-refractivity contribution >= 4 is 28.7 Å². The Morgan fingerprint density at radius 2 is 2.06 bits per heavy atom. The van der Waals surface area contributed by atoms with Crippen molar-refractivity contribution < 1.29 is 4.39 Å². The van der Waals surface area contributed by atoms with Crippen molar-refractivity contribution in [1.29, 1.82) is 0 Å². The third-order valence-electron chi connectivity index (χ3n) is 2.29. The fourth-order valence-corrected chi connectivity index (χ4v) is 1.63. The van der Waals surface area contributed by atoms with Gasteiger partial charge in [-0.15, -0.1) is 0 Å². The molecule has 0 fully saturated rings. The molecule has 0 saturated heterocycles. The molecule has 0 unspecified atom stereocenters. The lowest BCUT2D eigenvalue weighted by molar-refractivity contribution is 0.619. The van der Waals surface area contributed by atoms with Crippen molar-refractivity contribution in [2.75, 3.05) is 11.1 Å². The van der Waals surface area contributed by atoms with Crippen molar-refractivity contribution in [1.82, 2.24) is 4.98 Å². The maximum Gasteiger partial charge on any atom is 0.127 e. The normalized spacial score (nSPS) is 10.3. The summed E-state index contributed by atoms with van der Waals surface area (Å²) in [5, 5.41) is 3.36. The summed E-state index contributed by atoms with van der Waals surface area (Å²) in [7, 11) is 0. The Bertz CT molecular complexity index is 557. The van der Waals surface area contributed by atoms with E-state index in [1.807, 2.05) is 0 Å². The Morgan fingerprint density at radius 3 is 2.76 bits per heavy atom. The number of hydrogen-bond donors (Lipinski definition) is 2. The molecule has 0 aliphatic heterocycles. The number of rotatable bonds is 2. The molecule has 0 saturated carbocycles. The third-order valence-corrected chi connectivity index (χ3v) is 2.60. The molecule has 0 amide bonds. The topological polar surface area (TPSA) is 50.9 Å². The molecule has 17 heavy (non-hydrogen) atoms. The summed E-state index contributed by atoms with van der Waals surface area (Å²) in [6.07, 6.45) is 3.16. The third kappa shape index (κ3) is 2.65. The van der Waals surface area contributed by atoms with Gasteiger partial charge in [0.25, 0.3) is 0 Å². The van der Waals surface area contributed by atoms with Crippen molar-refractivity contribution in [3.8, 4) is 0 Å². The lowest BCUT2D eigenvalue weighted by atomic mass is 10.2. The average molecular weight is 252 g/mol. The Hall–Kier alpha value is -1.81. The molecule has 0 atom stereocenters. The van der Waals surface area contributed by atoms with Gasteiger partial charge in [0.1, 0.15) is 5.82 Å². The lowest BCUT2D eigenvalue weighted by Gasteiger charge is -2.10. The predicted molar refractivity (Wildman–Crippen MR) is 68.1 cm³/mol. The van der Waals surface area contributed by atoms with Crippen LogP contribution in [-0.2, 0) is 0 Å². The summed E-state index contributed by atoms with van der Waals surface area (Å²) in [6.45, 7) is 1.68. The standard InChI is InChI=1S/C12H11ClFN3/c1-7-2-12(10(13)4-11(7)14)17-9-3-8(15)5-16-6-9/h2-6,17H,15H2,1H3. The number of nitrogens with zero attached hydrogens (tertiary/aromatic N) is 1. The minimum absolute atomic E-state index is 0.315. The monoisotopic (exact) mass is 251 g/mol. The number of anilines is 3. The van der Waals surface area contributed by atoms with Gasteiger partial charge >= 0.3 is 0 Å². The molecule has 2 rings (SSSR count). The van der Waals surface area contributed by atoms with Crippen molar-refractivity contribution in [3.63, 3.8) is 0 Å². The zero-order valence-electron chi connectivity index (χ0n) is 9.17. The van der Waals surface area contributed by atoms with Crippen LogP contribution in [0.15, 0.2) is 30.6 Å². The van der Waals surface area contributed by atoms with E-state index in [1.165, 1.54) is 6.07 Å². The first-order valence-corrected chi connectivity index (χ1v) is 5.37. The van der Waals surface area contributed by atoms with E-state index in [4.69, 9.17) is 17.3 Å². The Balaban J connectivity index is 2.33. The second-order valence-electron chi connectivity index (χ2n) is 3.71. The highest BCUT2D eigenvalue weighted by Gasteiger charge is 2.06. The molecule has 0 radical (unpaired) electrons. The molecular weight excluding hydrogens is 241 g/mol. The van der Waals surface area contributed by atoms with Crippen LogP contribution in [0.2, 0.25) is 5.02 Å². The van der Waals surface area contributed by atoms with E-state index in [2.05, 4.69) is 10.3 Å². The van der Waals surface area contributed by atoms with E-state index in [0.717, 1.165) is 0 Å². The second kappa shape index (κ2) is 4.59. The number of nitrogens with two attached hydrogens (primary N) is 1. The summed E-state index contributed by atoms with van der Waals surface area (Å²) in [5.41, 5.74) is 8.01. The molecule has 5 heteroatoms. The highest BCUT2D eigenvalue weighted by atomic mass is 35.5. The molecule has 3 nitrogen and oxygen atoms in total. The first-order valence-electron chi connectivity index (χ1n) is 4.99. The number of hydrogen-bond acceptors (Lipinski definition) is 3. The van der Waals surface area contributed by atoms with Gasteiger partial charge in [0.2, 0.25) is 0 Å². The van der Waals surface area contributed by atoms with E-state index in [1.54, 1.807) is 31.5 Å². The van der Waals surface area contributed by atoms with Crippen molar-refractivity contribution in [2.24, 2.45) is 0 Å². The molecule has 3 N–H and O–H groups in total. The number of nitrogens with one attached hydrogen (secondary N) is 1. The van der Waals surface area contributed by atoms with Gasteiger partial charge in [-0.3, -0.25) is 4.98 Å². The van der Waals surface area contributed by atoms with Crippen LogP contribution in [0.4, 0.5) is 21.5 Å². The summed E-state index contributed by atoms with van der Waals surface area (Å²) < 4.78 is 13.2. The van der Waals surface area contributed by atoms with E-state index in [9.17, 15) is 4.39 Å². The van der Waals surface area contributed by atoms with Gasteiger partial charge in [-0.2, -0.15) is 0 Å². The van der Waals surface area contributed by atoms with Gasteiger partial charge < -0.3 is 11.1 Å². The largest absolute Gasteiger partial charge is 0.397 e. The van der Waals surface area contributed by atoms with E-state index >= 15 is 0 Å². The fourth-order valence-electron chi connectivity index (χ4n) is 1.43. The SMILES string of the molecule is Cc1cc(Nc2cncc(N)c2)c(Cl)cc1F. The summed E-state index contributed by atoms with van der Waals surface area (Å²) in [5.74, 6) is -0.328. The van der Waals surface area contributed by atoms with Crippen LogP contribution < -0.4 is 11.1 Å². The maximum absolute atomic E-state index is 13.2. The molecule has 0 spiro atoms. The number of benzene rings is 1. The van der Waals surface area contributed by atoms with Crippen LogP contribution in [0.5, 0.6) is 0 Å². The average Bonchev–Trinajstić information content (AvgIpc) is 2.26. The first kappa shape index (κ1) is 11.7. The zero-order valence-corrected chi connectivity index (χ0v) is 9.92. The number of aromatic nitrogens is 1. The molecule has 0 bridgehead atoms. The number of halogens is 2. The van der Waals surface area contributed by atoms with E-state index < -0.39 is 0 Å². The van der Waals surface area contributed by atoms with Gasteiger partial charge in [0.15, 0.2) is 0 Å². The molecule has 0 aliphatic carbocycles. The van der Waals surface area contributed by atoms with Crippen LogP contribution in [0.25, 0.3) is 0 Å². The molecular formula is C12H11ClFN3. The molecule has 88 valence electrons. The molecule has 0 aliphatic rings. The molecule has 1 aromatic heterocycles. The van der Waals surface area contributed by atoms with Gasteiger partial charge in [0, 0.05) is 6.20 Å². The van der Waals surface area contributed by atoms with E-state index in [-0.39, 0.29) is 5.82 Å². The van der Waals surface area contributed by atoms with Gasteiger partial charge in [0.05, 0.1) is 28.3 Å². The highest BCUT2D eigenvalue weighted by Crippen LogP contribution is 2.28. The fraction of sp³-hybridized carbons (Fsp3) is 0.0833. The lowest BCUT2D eigenvalue weighted by Crippen LogP contribution is -1.96. The Morgan fingerprint density at radius 1 is 1.29 bits per heavy atom. The second-order valence-corrected chi connectivity index (χ2v) is 4.12. The summed E-state index contributed by atoms with van der Waals surface area (Å²) in [6, 6.07) is 4.64. The van der Waals surface area contributed by atoms with Gasteiger partial charge in [-0.05, 0) is 30.7 Å². The number of aryl methyl sites for hydroxylation is 1. The van der Waals surface area contributed by atoms with Crippen LogP contribution in [-0.4, -0.2) is 4.98 Å². The predicted octanol–water partition coefficient (Wildman–Crippen LogP) is 3.51. The summed E-state index contributed by atoms with van der Waals surface area (Å²) >= 11 is 5.94. The first-order chi connectivity index (χ1) is 8.06. The summed E-state index contributed by atoms with van der Waals surface area (Å²) in [4.78, 5) is 3.95. The quantitative estimate of drug-likeness (QED) is 0.859.